The minimum Gasteiger partial charge on any atom is -0.316 e. The summed E-state index contributed by atoms with van der Waals surface area (Å²) in [5.41, 5.74) is 1.06. The van der Waals surface area contributed by atoms with Gasteiger partial charge in [0.15, 0.2) is 9.84 Å². The summed E-state index contributed by atoms with van der Waals surface area (Å²) in [7, 11) is -3.19. The molecular weight excluding hydrogens is 236 g/mol. The Morgan fingerprint density at radius 2 is 2.18 bits per heavy atom. The van der Waals surface area contributed by atoms with Gasteiger partial charge in [-0.2, -0.15) is 0 Å². The number of nitrogens with one attached hydrogen (secondary N) is 1. The topological polar surface area (TPSA) is 59.1 Å². The van der Waals surface area contributed by atoms with Crippen molar-refractivity contribution in [2.24, 2.45) is 0 Å². The zero-order valence-electron chi connectivity index (χ0n) is 10.0. The molecule has 1 saturated carbocycles. The Morgan fingerprint density at radius 3 is 2.82 bits per heavy atom. The molecule has 1 aromatic rings. The Balaban J connectivity index is 2.11. The van der Waals surface area contributed by atoms with Crippen molar-refractivity contribution in [3.05, 3.63) is 24.0 Å². The first-order chi connectivity index (χ1) is 8.13. The molecule has 0 aliphatic heterocycles. The van der Waals surface area contributed by atoms with Crippen molar-refractivity contribution >= 4 is 9.84 Å². The second-order valence-corrected chi connectivity index (χ2v) is 6.51. The highest BCUT2D eigenvalue weighted by Gasteiger charge is 2.25. The number of aromatic nitrogens is 1. The summed E-state index contributed by atoms with van der Waals surface area (Å²) < 4.78 is 24.0. The first-order valence-corrected chi connectivity index (χ1v) is 7.67. The third-order valence-corrected chi connectivity index (χ3v) is 4.62. The second kappa shape index (κ2) is 5.14. The molecule has 0 aromatic carbocycles. The molecule has 0 bridgehead atoms. The highest BCUT2D eigenvalue weighted by Crippen LogP contribution is 2.40. The monoisotopic (exact) mass is 254 g/mol. The van der Waals surface area contributed by atoms with Gasteiger partial charge in [-0.15, -0.1) is 0 Å². The van der Waals surface area contributed by atoms with E-state index < -0.39 is 9.84 Å². The van der Waals surface area contributed by atoms with E-state index in [9.17, 15) is 8.42 Å². The molecule has 0 saturated heterocycles. The lowest BCUT2D eigenvalue weighted by molar-refractivity contribution is 0.591. The molecular formula is C12H18N2O2S. The minimum absolute atomic E-state index is 0.136. The normalized spacial score (nSPS) is 16.1. The lowest BCUT2D eigenvalue weighted by Crippen LogP contribution is -2.22. The van der Waals surface area contributed by atoms with Crippen molar-refractivity contribution < 1.29 is 8.42 Å². The molecule has 5 heteroatoms. The number of hydrogen-bond acceptors (Lipinski definition) is 4. The Labute approximate surface area is 102 Å². The molecule has 1 fully saturated rings. The molecule has 1 aliphatic carbocycles. The van der Waals surface area contributed by atoms with Crippen LogP contribution in [0.5, 0.6) is 0 Å². The standard InChI is InChI=1S/C12H18N2O2S/c1-2-13-5-6-17(15,16)12-7-11(8-14-9-12)10-3-4-10/h7-10,13H,2-6H2,1H3. The minimum atomic E-state index is -3.19. The van der Waals surface area contributed by atoms with Gasteiger partial charge in [-0.1, -0.05) is 6.92 Å². The van der Waals surface area contributed by atoms with Crippen LogP contribution < -0.4 is 5.32 Å². The number of sulfone groups is 1. The first-order valence-electron chi connectivity index (χ1n) is 6.02. The van der Waals surface area contributed by atoms with Crippen LogP contribution in [0.25, 0.3) is 0 Å². The number of rotatable bonds is 6. The average molecular weight is 254 g/mol. The van der Waals surface area contributed by atoms with Gasteiger partial charge in [0, 0.05) is 18.9 Å². The summed E-state index contributed by atoms with van der Waals surface area (Å²) in [5, 5.41) is 3.02. The number of hydrogen-bond donors (Lipinski definition) is 1. The third kappa shape index (κ3) is 3.26. The van der Waals surface area contributed by atoms with Gasteiger partial charge in [0.25, 0.3) is 0 Å². The van der Waals surface area contributed by atoms with Crippen LogP contribution in [-0.4, -0.2) is 32.2 Å². The van der Waals surface area contributed by atoms with Gasteiger partial charge in [0.1, 0.15) is 0 Å². The predicted molar refractivity (Wildman–Crippen MR) is 66.8 cm³/mol. The number of pyridine rings is 1. The fourth-order valence-electron chi connectivity index (χ4n) is 1.75. The van der Waals surface area contributed by atoms with Gasteiger partial charge in [-0.25, -0.2) is 8.42 Å². The van der Waals surface area contributed by atoms with Crippen molar-refractivity contribution in [2.45, 2.75) is 30.6 Å². The van der Waals surface area contributed by atoms with Crippen molar-refractivity contribution in [1.82, 2.24) is 10.3 Å². The Hall–Kier alpha value is -0.940. The van der Waals surface area contributed by atoms with E-state index in [4.69, 9.17) is 0 Å². The summed E-state index contributed by atoms with van der Waals surface area (Å²) in [6, 6.07) is 1.78. The molecule has 0 spiro atoms. The lowest BCUT2D eigenvalue weighted by atomic mass is 10.2. The summed E-state index contributed by atoms with van der Waals surface area (Å²) in [6.45, 7) is 3.24. The second-order valence-electron chi connectivity index (χ2n) is 4.40. The molecule has 0 atom stereocenters. The summed E-state index contributed by atoms with van der Waals surface area (Å²) in [6.07, 6.45) is 5.54. The van der Waals surface area contributed by atoms with Crippen LogP contribution in [-0.2, 0) is 9.84 Å². The molecule has 0 amide bonds. The van der Waals surface area contributed by atoms with Gasteiger partial charge in [-0.3, -0.25) is 4.98 Å². The maximum Gasteiger partial charge on any atom is 0.181 e. The zero-order chi connectivity index (χ0) is 12.3. The largest absolute Gasteiger partial charge is 0.316 e. The molecule has 1 N–H and O–H groups in total. The fourth-order valence-corrected chi connectivity index (χ4v) is 2.93. The zero-order valence-corrected chi connectivity index (χ0v) is 10.8. The van der Waals surface area contributed by atoms with Gasteiger partial charge in [0.2, 0.25) is 0 Å². The molecule has 1 aromatic heterocycles. The van der Waals surface area contributed by atoms with Crippen LogP contribution in [0, 0.1) is 0 Å². The van der Waals surface area contributed by atoms with E-state index in [2.05, 4.69) is 10.3 Å². The molecule has 0 unspecified atom stereocenters. The van der Waals surface area contributed by atoms with E-state index in [1.54, 1.807) is 12.3 Å². The average Bonchev–Trinajstić information content (AvgIpc) is 3.13. The SMILES string of the molecule is CCNCCS(=O)(=O)c1cncc(C2CC2)c1. The van der Waals surface area contributed by atoms with Gasteiger partial charge >= 0.3 is 0 Å². The maximum atomic E-state index is 12.0. The Morgan fingerprint density at radius 1 is 1.41 bits per heavy atom. The van der Waals surface area contributed by atoms with Crippen LogP contribution >= 0.6 is 0 Å². The highest BCUT2D eigenvalue weighted by atomic mass is 32.2. The molecule has 94 valence electrons. The molecule has 17 heavy (non-hydrogen) atoms. The van der Waals surface area contributed by atoms with Gasteiger partial charge < -0.3 is 5.32 Å². The summed E-state index contributed by atoms with van der Waals surface area (Å²) in [4.78, 5) is 4.40. The third-order valence-electron chi connectivity index (χ3n) is 2.94. The first kappa shape index (κ1) is 12.5. The van der Waals surface area contributed by atoms with E-state index in [-0.39, 0.29) is 5.75 Å². The highest BCUT2D eigenvalue weighted by molar-refractivity contribution is 7.91. The van der Waals surface area contributed by atoms with Crippen LogP contribution in [0.4, 0.5) is 0 Å². The van der Waals surface area contributed by atoms with E-state index in [1.165, 1.54) is 6.20 Å². The summed E-state index contributed by atoms with van der Waals surface area (Å²) in [5.74, 6) is 0.669. The predicted octanol–water partition coefficient (Wildman–Crippen LogP) is 1.34. The van der Waals surface area contributed by atoms with Crippen molar-refractivity contribution in [2.75, 3.05) is 18.8 Å². The lowest BCUT2D eigenvalue weighted by Gasteiger charge is -2.06. The fraction of sp³-hybridized carbons (Fsp3) is 0.583. The van der Waals surface area contributed by atoms with Crippen LogP contribution in [0.2, 0.25) is 0 Å². The van der Waals surface area contributed by atoms with E-state index >= 15 is 0 Å². The molecule has 2 rings (SSSR count). The van der Waals surface area contributed by atoms with Gasteiger partial charge in [-0.05, 0) is 36.9 Å². The number of nitrogens with zero attached hydrogens (tertiary/aromatic N) is 1. The molecule has 0 radical (unpaired) electrons. The van der Waals surface area contributed by atoms with Crippen molar-refractivity contribution in [3.8, 4) is 0 Å². The van der Waals surface area contributed by atoms with E-state index in [0.717, 1.165) is 24.9 Å². The molecule has 1 heterocycles. The maximum absolute atomic E-state index is 12.0. The van der Waals surface area contributed by atoms with Crippen LogP contribution in [0.1, 0.15) is 31.2 Å². The Kier molecular flexibility index (Phi) is 3.79. The Bertz CT molecular complexity index is 481. The molecule has 4 nitrogen and oxygen atoms in total. The molecule has 1 aliphatic rings. The summed E-state index contributed by atoms with van der Waals surface area (Å²) >= 11 is 0. The smallest absolute Gasteiger partial charge is 0.181 e. The van der Waals surface area contributed by atoms with E-state index in [1.807, 2.05) is 6.92 Å². The van der Waals surface area contributed by atoms with Crippen molar-refractivity contribution in [1.29, 1.82) is 0 Å². The van der Waals surface area contributed by atoms with Crippen LogP contribution in [0.15, 0.2) is 23.4 Å². The van der Waals surface area contributed by atoms with Gasteiger partial charge in [0.05, 0.1) is 10.6 Å². The van der Waals surface area contributed by atoms with Crippen LogP contribution in [0.3, 0.4) is 0 Å². The quantitative estimate of drug-likeness (QED) is 0.778. The van der Waals surface area contributed by atoms with Crippen molar-refractivity contribution in [3.63, 3.8) is 0 Å². The van der Waals surface area contributed by atoms with E-state index in [0.29, 0.717) is 17.4 Å².